The van der Waals surface area contributed by atoms with E-state index >= 15 is 4.79 Å². The van der Waals surface area contributed by atoms with Gasteiger partial charge in [-0.1, -0.05) is 64.6 Å². The molecule has 1 aromatic heterocycles. The fourth-order valence-corrected chi connectivity index (χ4v) is 10.6. The van der Waals surface area contributed by atoms with Gasteiger partial charge in [0.25, 0.3) is 5.24 Å². The number of ketones is 1. The molecule has 2 saturated carbocycles. The Kier molecular flexibility index (Phi) is 12.8. The molecule has 3 fully saturated rings. The third-order valence-electron chi connectivity index (χ3n) is 12.8. The summed E-state index contributed by atoms with van der Waals surface area (Å²) in [6, 6.07) is 9.44. The Hall–Kier alpha value is -4.55. The van der Waals surface area contributed by atoms with Crippen molar-refractivity contribution in [3.63, 3.8) is 0 Å². The van der Waals surface area contributed by atoms with Gasteiger partial charge in [-0.25, -0.2) is 9.59 Å². The second-order valence-corrected chi connectivity index (χ2v) is 19.9. The molecule has 2 aromatic rings. The van der Waals surface area contributed by atoms with Gasteiger partial charge < -0.3 is 48.7 Å². The van der Waals surface area contributed by atoms with Gasteiger partial charge in [0.1, 0.15) is 35.7 Å². The van der Waals surface area contributed by atoms with Crippen molar-refractivity contribution in [2.75, 3.05) is 6.61 Å². The molecular weight excluding hydrogens is 815 g/mol. The van der Waals surface area contributed by atoms with Crippen LogP contribution in [0.15, 0.2) is 64.3 Å². The van der Waals surface area contributed by atoms with Crippen LogP contribution in [0.4, 0.5) is 4.79 Å². The molecule has 0 radical (unpaired) electrons. The molecule has 1 saturated heterocycles. The number of aliphatic hydroxyl groups excluding tert-OH is 2. The topological polar surface area (TPSA) is 234 Å². The summed E-state index contributed by atoms with van der Waals surface area (Å²) in [5.41, 5.74) is -5.65. The lowest BCUT2D eigenvalue weighted by atomic mass is 9.46. The quantitative estimate of drug-likeness (QED) is 0.155. The monoisotopic (exact) mass is 869 g/mol. The molecule has 332 valence electrons. The number of hydrogen-bond acceptors (Lipinski definition) is 16. The van der Waals surface area contributed by atoms with Crippen LogP contribution in [0.1, 0.15) is 97.3 Å². The van der Waals surface area contributed by atoms with E-state index in [-0.39, 0.29) is 35.5 Å². The molecule has 0 spiro atoms. The van der Waals surface area contributed by atoms with Crippen LogP contribution in [0.2, 0.25) is 0 Å². The summed E-state index contributed by atoms with van der Waals surface area (Å²) in [6.07, 6.45) is -9.79. The molecule has 1 unspecified atom stereocenters. The van der Waals surface area contributed by atoms with Crippen LogP contribution in [0.5, 0.6) is 0 Å². The fourth-order valence-electron chi connectivity index (χ4n) is 9.82. The Bertz CT molecular complexity index is 2060. The highest BCUT2D eigenvalue weighted by Crippen LogP contribution is 2.62. The molecule has 1 aliphatic heterocycles. The number of fused-ring (bicyclic) bond motifs is 5. The predicted octanol–water partition coefficient (Wildman–Crippen LogP) is 4.39. The van der Waals surface area contributed by atoms with E-state index in [4.69, 9.17) is 28.1 Å². The van der Waals surface area contributed by atoms with E-state index in [9.17, 15) is 39.3 Å². The van der Waals surface area contributed by atoms with Gasteiger partial charge in [0.15, 0.2) is 18.0 Å². The van der Waals surface area contributed by atoms with Crippen molar-refractivity contribution < 1.29 is 72.2 Å². The zero-order valence-corrected chi connectivity index (χ0v) is 36.5. The number of aliphatic hydroxyl groups is 3. The summed E-state index contributed by atoms with van der Waals surface area (Å²) in [5.74, 6) is -6.81. The van der Waals surface area contributed by atoms with Crippen LogP contribution in [-0.4, -0.2) is 110 Å². The predicted molar refractivity (Wildman–Crippen MR) is 216 cm³/mol. The molecule has 3 aliphatic carbocycles. The Morgan fingerprint density at radius 2 is 1.61 bits per heavy atom. The fraction of sp³-hybridized carbons (Fsp3) is 0.591. The number of esters is 4. The van der Waals surface area contributed by atoms with Gasteiger partial charge in [-0.3, -0.25) is 19.2 Å². The summed E-state index contributed by atoms with van der Waals surface area (Å²) in [6.45, 7) is 13.7. The highest BCUT2D eigenvalue weighted by molar-refractivity contribution is 8.14. The SMILES string of the molecule is CC(=O)O[C@H]1C(=O)[C@]2(C)[C@@H](O)C[C@H]3OC[C@H](OC(C)=O)C3[C@H]2[C@H](OC(=O)c2ccccc2)[C@]2(O)C[C@H](OC(=O)[C@H](O)[C@@H](NC(=O)SC(C)(C)C)c3ccco3)C(C)=C1C2(C)C. The van der Waals surface area contributed by atoms with Crippen LogP contribution in [0.3, 0.4) is 0 Å². The van der Waals surface area contributed by atoms with Crippen LogP contribution >= 0.6 is 11.8 Å². The number of amides is 1. The van der Waals surface area contributed by atoms with E-state index in [1.807, 2.05) is 20.8 Å². The normalized spacial score (nSPS) is 32.8. The molecule has 61 heavy (non-hydrogen) atoms. The van der Waals surface area contributed by atoms with E-state index in [0.29, 0.717) is 0 Å². The Labute approximate surface area is 358 Å². The Morgan fingerprint density at radius 1 is 0.951 bits per heavy atom. The Morgan fingerprint density at radius 3 is 2.20 bits per heavy atom. The van der Waals surface area contributed by atoms with Gasteiger partial charge in [-0.2, -0.15) is 0 Å². The third kappa shape index (κ3) is 8.51. The molecule has 4 N–H and O–H groups in total. The molecule has 4 aliphatic rings. The highest BCUT2D eigenvalue weighted by Gasteiger charge is 2.73. The van der Waals surface area contributed by atoms with Crippen molar-refractivity contribution in [3.8, 4) is 0 Å². The van der Waals surface area contributed by atoms with E-state index in [1.165, 1.54) is 51.3 Å². The van der Waals surface area contributed by atoms with Crippen LogP contribution < -0.4 is 5.32 Å². The second-order valence-electron chi connectivity index (χ2n) is 18.1. The van der Waals surface area contributed by atoms with E-state index in [0.717, 1.165) is 18.7 Å². The van der Waals surface area contributed by atoms with Gasteiger partial charge in [0.2, 0.25) is 0 Å². The van der Waals surface area contributed by atoms with E-state index in [2.05, 4.69) is 5.32 Å². The number of benzene rings is 1. The van der Waals surface area contributed by atoms with Crippen LogP contribution in [0, 0.1) is 22.7 Å². The molecule has 2 heterocycles. The summed E-state index contributed by atoms with van der Waals surface area (Å²) in [5, 5.41) is 39.4. The lowest BCUT2D eigenvalue weighted by molar-refractivity contribution is -0.241. The van der Waals surface area contributed by atoms with Gasteiger partial charge in [0.05, 0.1) is 36.1 Å². The highest BCUT2D eigenvalue weighted by atomic mass is 32.2. The number of Topliss-reactive ketones (excluding diaryl/α,β-unsaturated/α-hetero) is 1. The maximum absolute atomic E-state index is 15.5. The molecule has 12 atom stereocenters. The van der Waals surface area contributed by atoms with Crippen molar-refractivity contribution in [3.05, 3.63) is 71.2 Å². The number of ether oxygens (including phenoxy) is 5. The minimum absolute atomic E-state index is 0.0140. The number of carbonyl (C=O) groups is 6. The number of hydrogen-bond donors (Lipinski definition) is 4. The van der Waals surface area contributed by atoms with E-state index in [1.54, 1.807) is 32.0 Å². The Balaban J connectivity index is 1.53. The minimum Gasteiger partial charge on any atom is -0.467 e. The van der Waals surface area contributed by atoms with Crippen molar-refractivity contribution in [1.29, 1.82) is 0 Å². The van der Waals surface area contributed by atoms with Crippen LogP contribution in [0.25, 0.3) is 0 Å². The summed E-state index contributed by atoms with van der Waals surface area (Å²) in [4.78, 5) is 82.5. The van der Waals surface area contributed by atoms with Crippen molar-refractivity contribution >= 4 is 46.7 Å². The number of carbonyl (C=O) groups excluding carboxylic acids is 6. The standard InChI is InChI=1S/C44H55NO15S/c1-21-27(59-39(52)34(49)33(25-16-13-17-55-25)45-40(53)61-41(4,5)6)19-44(54)37(60-38(51)24-14-11-10-12-15-24)32-30-26(56-20-28(30)57-22(2)46)18-29(48)43(32,9)36(50)35(58-23(3)47)31(21)42(44,7)8/h10-17,26-30,32-35,37,48-49,54H,18-20H2,1-9H3,(H,45,53)/t26-,27+,28+,29+,30?,32+,33+,34-,35-,37+,43-,44-/m1/s1. The van der Waals surface area contributed by atoms with Crippen molar-refractivity contribution in [2.24, 2.45) is 22.7 Å². The van der Waals surface area contributed by atoms with Crippen LogP contribution in [-0.2, 0) is 42.9 Å². The first-order valence-electron chi connectivity index (χ1n) is 20.2. The first-order chi connectivity index (χ1) is 28.4. The number of rotatable bonds is 9. The molecule has 17 heteroatoms. The largest absolute Gasteiger partial charge is 0.467 e. The zero-order valence-electron chi connectivity index (χ0n) is 35.7. The second kappa shape index (κ2) is 17.0. The zero-order chi connectivity index (χ0) is 45.0. The molecule has 1 amide bonds. The lowest BCUT2D eigenvalue weighted by Crippen LogP contribution is -2.73. The number of furan rings is 1. The maximum atomic E-state index is 15.5. The number of nitrogens with one attached hydrogen (secondary N) is 1. The maximum Gasteiger partial charge on any atom is 0.338 e. The van der Waals surface area contributed by atoms with Gasteiger partial charge >= 0.3 is 23.9 Å². The average molecular weight is 870 g/mol. The minimum atomic E-state index is -2.34. The van der Waals surface area contributed by atoms with Crippen molar-refractivity contribution in [1.82, 2.24) is 5.32 Å². The summed E-state index contributed by atoms with van der Waals surface area (Å²) in [7, 11) is 0. The number of thioether (sulfide) groups is 1. The molecule has 16 nitrogen and oxygen atoms in total. The van der Waals surface area contributed by atoms with Crippen molar-refractivity contribution in [2.45, 2.75) is 134 Å². The molecule has 6 rings (SSSR count). The van der Waals surface area contributed by atoms with Gasteiger partial charge in [-0.15, -0.1) is 0 Å². The summed E-state index contributed by atoms with van der Waals surface area (Å²) >= 11 is 0.925. The summed E-state index contributed by atoms with van der Waals surface area (Å²) < 4.78 is 35.1. The van der Waals surface area contributed by atoms with E-state index < -0.39 is 123 Å². The first-order valence-corrected chi connectivity index (χ1v) is 21.0. The average Bonchev–Trinajstić information content (AvgIpc) is 3.84. The molecular formula is C44H55NO15S. The smallest absolute Gasteiger partial charge is 0.338 e. The lowest BCUT2D eigenvalue weighted by Gasteiger charge is -2.62. The molecule has 1 aromatic carbocycles. The molecule has 2 bridgehead atoms. The third-order valence-corrected chi connectivity index (χ3v) is 13.7. The van der Waals surface area contributed by atoms with Gasteiger partial charge in [-0.05, 0) is 49.3 Å². The first kappa shape index (κ1) is 46.0. The van der Waals surface area contributed by atoms with Gasteiger partial charge in [0, 0.05) is 48.7 Å².